The van der Waals surface area contributed by atoms with E-state index in [0.29, 0.717) is 18.9 Å². The third-order valence-corrected chi connectivity index (χ3v) is 5.47. The molecule has 2 rings (SSSR count). The molecule has 1 saturated heterocycles. The van der Waals surface area contributed by atoms with Gasteiger partial charge in [-0.15, -0.1) is 0 Å². The lowest BCUT2D eigenvalue weighted by Crippen LogP contribution is -2.36. The summed E-state index contributed by atoms with van der Waals surface area (Å²) in [6, 6.07) is 6.70. The summed E-state index contributed by atoms with van der Waals surface area (Å²) in [5.74, 6) is 0.421. The van der Waals surface area contributed by atoms with Crippen LogP contribution < -0.4 is 4.72 Å². The van der Waals surface area contributed by atoms with Crippen molar-refractivity contribution in [3.63, 3.8) is 0 Å². The molecule has 1 aromatic carbocycles. The Morgan fingerprint density at radius 2 is 1.86 bits per heavy atom. The van der Waals surface area contributed by atoms with Crippen LogP contribution in [0.15, 0.2) is 29.2 Å². The molecule has 0 saturated carbocycles. The Kier molecular flexibility index (Phi) is 5.75. The molecular weight excluding hydrogens is 288 g/mol. The first kappa shape index (κ1) is 16.4. The van der Waals surface area contributed by atoms with Crippen molar-refractivity contribution in [3.05, 3.63) is 29.8 Å². The van der Waals surface area contributed by atoms with Gasteiger partial charge in [-0.2, -0.15) is 0 Å². The number of piperidine rings is 1. The molecule has 21 heavy (non-hydrogen) atoms. The minimum absolute atomic E-state index is 0.0699. The van der Waals surface area contributed by atoms with Gasteiger partial charge in [-0.1, -0.05) is 12.1 Å². The summed E-state index contributed by atoms with van der Waals surface area (Å²) < 4.78 is 27.2. The van der Waals surface area contributed by atoms with E-state index in [9.17, 15) is 8.42 Å². The highest BCUT2D eigenvalue weighted by Crippen LogP contribution is 2.16. The largest absolute Gasteiger partial charge is 0.396 e. The maximum Gasteiger partial charge on any atom is 0.240 e. The zero-order chi connectivity index (χ0) is 15.3. The van der Waals surface area contributed by atoms with Gasteiger partial charge >= 0.3 is 0 Å². The molecule has 2 N–H and O–H groups in total. The number of hydrogen-bond donors (Lipinski definition) is 2. The second-order valence-electron chi connectivity index (χ2n) is 5.72. The van der Waals surface area contributed by atoms with Crippen LogP contribution >= 0.6 is 0 Å². The third kappa shape index (κ3) is 4.78. The molecular formula is C15H24N2O3S. The van der Waals surface area contributed by atoms with Gasteiger partial charge in [0.1, 0.15) is 0 Å². The van der Waals surface area contributed by atoms with Gasteiger partial charge in [0.15, 0.2) is 0 Å². The van der Waals surface area contributed by atoms with Gasteiger partial charge in [-0.25, -0.2) is 13.1 Å². The van der Waals surface area contributed by atoms with Crippen LogP contribution in [-0.2, 0) is 16.4 Å². The number of rotatable bonds is 6. The predicted octanol–water partition coefficient (Wildman–Crippen LogP) is 0.841. The molecule has 0 unspecified atom stereocenters. The van der Waals surface area contributed by atoms with Crippen molar-refractivity contribution in [2.24, 2.45) is 5.92 Å². The van der Waals surface area contributed by atoms with Crippen LogP contribution in [0.1, 0.15) is 18.4 Å². The zero-order valence-electron chi connectivity index (χ0n) is 12.5. The normalized spacial score (nSPS) is 18.0. The van der Waals surface area contributed by atoms with E-state index >= 15 is 0 Å². The molecule has 5 nitrogen and oxygen atoms in total. The fourth-order valence-electron chi connectivity index (χ4n) is 2.54. The van der Waals surface area contributed by atoms with Gasteiger partial charge < -0.3 is 10.0 Å². The molecule has 1 aromatic rings. The number of aliphatic hydroxyl groups is 1. The maximum atomic E-state index is 12.2. The lowest BCUT2D eigenvalue weighted by molar-refractivity contribution is 0.220. The van der Waals surface area contributed by atoms with Gasteiger partial charge in [-0.05, 0) is 63.0 Å². The molecule has 0 spiro atoms. The number of likely N-dealkylation sites (tertiary alicyclic amines) is 1. The van der Waals surface area contributed by atoms with E-state index in [1.54, 1.807) is 24.3 Å². The fraction of sp³-hybridized carbons (Fsp3) is 0.600. The van der Waals surface area contributed by atoms with Crippen LogP contribution in [0.3, 0.4) is 0 Å². The molecule has 1 heterocycles. The predicted molar refractivity (Wildman–Crippen MR) is 82.6 cm³/mol. The van der Waals surface area contributed by atoms with Crippen molar-refractivity contribution in [2.75, 3.05) is 33.3 Å². The molecule has 0 bridgehead atoms. The van der Waals surface area contributed by atoms with Gasteiger partial charge in [0.05, 0.1) is 4.90 Å². The van der Waals surface area contributed by atoms with Crippen LogP contribution in [0.4, 0.5) is 0 Å². The molecule has 118 valence electrons. The van der Waals surface area contributed by atoms with Crippen LogP contribution in [0.25, 0.3) is 0 Å². The quantitative estimate of drug-likeness (QED) is 0.817. The van der Waals surface area contributed by atoms with Crippen LogP contribution in [0.5, 0.6) is 0 Å². The third-order valence-electron chi connectivity index (χ3n) is 4.03. The van der Waals surface area contributed by atoms with E-state index in [1.807, 2.05) is 0 Å². The van der Waals surface area contributed by atoms with E-state index in [4.69, 9.17) is 5.11 Å². The molecule has 0 aliphatic carbocycles. The van der Waals surface area contributed by atoms with Gasteiger partial charge in [-0.3, -0.25) is 0 Å². The number of hydrogen-bond acceptors (Lipinski definition) is 4. The minimum Gasteiger partial charge on any atom is -0.396 e. The van der Waals surface area contributed by atoms with Crippen LogP contribution in [0.2, 0.25) is 0 Å². The lowest BCUT2D eigenvalue weighted by Gasteiger charge is -2.28. The number of benzene rings is 1. The summed E-state index contributed by atoms with van der Waals surface area (Å²) in [7, 11) is -1.34. The second-order valence-corrected chi connectivity index (χ2v) is 7.48. The second kappa shape index (κ2) is 7.35. The zero-order valence-corrected chi connectivity index (χ0v) is 13.3. The van der Waals surface area contributed by atoms with Crippen molar-refractivity contribution in [1.29, 1.82) is 0 Å². The highest BCUT2D eigenvalue weighted by molar-refractivity contribution is 7.89. The number of nitrogens with zero attached hydrogens (tertiary/aromatic N) is 1. The topological polar surface area (TPSA) is 69.6 Å². The Morgan fingerprint density at radius 1 is 1.24 bits per heavy atom. The average molecular weight is 312 g/mol. The molecule has 1 aliphatic rings. The monoisotopic (exact) mass is 312 g/mol. The summed E-state index contributed by atoms with van der Waals surface area (Å²) in [5, 5.41) is 8.86. The highest BCUT2D eigenvalue weighted by atomic mass is 32.2. The summed E-state index contributed by atoms with van der Waals surface area (Å²) >= 11 is 0. The van der Waals surface area contributed by atoms with Crippen molar-refractivity contribution in [3.8, 4) is 0 Å². The van der Waals surface area contributed by atoms with E-state index in [1.165, 1.54) is 0 Å². The molecule has 0 aromatic heterocycles. The molecule has 1 fully saturated rings. The van der Waals surface area contributed by atoms with Gasteiger partial charge in [0, 0.05) is 13.2 Å². The Bertz CT molecular complexity index is 535. The van der Waals surface area contributed by atoms with Crippen molar-refractivity contribution in [2.45, 2.75) is 24.2 Å². The summed E-state index contributed by atoms with van der Waals surface area (Å²) in [6.45, 7) is 2.64. The summed E-state index contributed by atoms with van der Waals surface area (Å²) in [6.07, 6.45) is 2.62. The van der Waals surface area contributed by atoms with Crippen LogP contribution in [0, 0.1) is 5.92 Å². The Labute approximate surface area is 127 Å². The lowest BCUT2D eigenvalue weighted by atomic mass is 9.98. The smallest absolute Gasteiger partial charge is 0.240 e. The molecule has 1 aliphatic heterocycles. The fourth-order valence-corrected chi connectivity index (χ4v) is 3.66. The first-order valence-corrected chi connectivity index (χ1v) is 8.87. The van der Waals surface area contributed by atoms with Gasteiger partial charge in [0.25, 0.3) is 0 Å². The number of sulfonamides is 1. The Morgan fingerprint density at radius 3 is 2.43 bits per heavy atom. The van der Waals surface area contributed by atoms with Crippen molar-refractivity contribution in [1.82, 2.24) is 9.62 Å². The number of aliphatic hydroxyl groups excluding tert-OH is 1. The Hall–Kier alpha value is -0.950. The summed E-state index contributed by atoms with van der Waals surface area (Å²) in [5.41, 5.74) is 0.937. The van der Waals surface area contributed by atoms with E-state index < -0.39 is 10.0 Å². The molecule has 0 radical (unpaired) electrons. The van der Waals surface area contributed by atoms with Crippen molar-refractivity contribution < 1.29 is 13.5 Å². The molecule has 0 atom stereocenters. The van der Waals surface area contributed by atoms with E-state index in [2.05, 4.69) is 16.7 Å². The van der Waals surface area contributed by atoms with E-state index in [-0.39, 0.29) is 11.5 Å². The first-order chi connectivity index (χ1) is 10.0. The van der Waals surface area contributed by atoms with Gasteiger partial charge in [0.2, 0.25) is 10.0 Å². The van der Waals surface area contributed by atoms with Crippen LogP contribution in [-0.4, -0.2) is 51.7 Å². The minimum atomic E-state index is -3.43. The number of nitrogens with one attached hydrogen (secondary N) is 1. The summed E-state index contributed by atoms with van der Waals surface area (Å²) in [4.78, 5) is 2.56. The first-order valence-electron chi connectivity index (χ1n) is 7.39. The Balaban J connectivity index is 1.91. The maximum absolute atomic E-state index is 12.2. The van der Waals surface area contributed by atoms with Crippen molar-refractivity contribution >= 4 is 10.0 Å². The van der Waals surface area contributed by atoms with E-state index in [0.717, 1.165) is 31.5 Å². The SMILES string of the molecule is CN1CCC(CNS(=O)(=O)c2ccc(CCO)cc2)CC1. The average Bonchev–Trinajstić information content (AvgIpc) is 2.48. The highest BCUT2D eigenvalue weighted by Gasteiger charge is 2.20. The molecule has 6 heteroatoms. The standard InChI is InChI=1S/C15H24N2O3S/c1-17-9-6-14(7-10-17)12-16-21(19,20)15-4-2-13(3-5-15)8-11-18/h2-5,14,16,18H,6-12H2,1H3. The molecule has 0 amide bonds.